The van der Waals surface area contributed by atoms with E-state index in [9.17, 15) is 17.6 Å². The van der Waals surface area contributed by atoms with Crippen molar-refractivity contribution < 1.29 is 17.6 Å². The highest BCUT2D eigenvalue weighted by molar-refractivity contribution is 7.89. The number of hydrogen-bond acceptors (Lipinski definition) is 3. The predicted octanol–water partition coefficient (Wildman–Crippen LogP) is 3.01. The van der Waals surface area contributed by atoms with E-state index in [0.29, 0.717) is 36.9 Å². The largest absolute Gasteiger partial charge is 0.369 e. The van der Waals surface area contributed by atoms with Crippen molar-refractivity contribution in [3.05, 3.63) is 71.0 Å². The second-order valence-electron chi connectivity index (χ2n) is 7.67. The monoisotopic (exact) mass is 402 g/mol. The van der Waals surface area contributed by atoms with E-state index in [1.165, 1.54) is 10.4 Å². The number of carbonyl (C=O) groups excluding carboxylic acids is 1. The molecule has 0 spiro atoms. The fourth-order valence-electron chi connectivity index (χ4n) is 4.05. The number of halogens is 1. The Labute approximate surface area is 164 Å². The summed E-state index contributed by atoms with van der Waals surface area (Å²) in [5.41, 5.74) is 6.35. The molecular weight excluding hydrogens is 379 g/mol. The van der Waals surface area contributed by atoms with Gasteiger partial charge in [-0.3, -0.25) is 4.79 Å². The molecule has 148 valence electrons. The Morgan fingerprint density at radius 1 is 1.18 bits per heavy atom. The highest BCUT2D eigenvalue weighted by atomic mass is 32.2. The molecular formula is C21H23FN2O3S. The number of hydrogen-bond donors (Lipinski definition) is 1. The zero-order chi connectivity index (χ0) is 19.9. The number of carbonyl (C=O) groups is 1. The maximum atomic E-state index is 14.7. The number of amides is 1. The minimum absolute atomic E-state index is 0.0125. The van der Waals surface area contributed by atoms with Gasteiger partial charge in [-0.1, -0.05) is 42.5 Å². The van der Waals surface area contributed by atoms with Gasteiger partial charge in [0.1, 0.15) is 11.1 Å². The fraction of sp³-hybridized carbons (Fsp3) is 0.381. The van der Waals surface area contributed by atoms with Gasteiger partial charge in [-0.15, -0.1) is 0 Å². The average Bonchev–Trinajstić information content (AvgIpc) is 3.47. The van der Waals surface area contributed by atoms with Gasteiger partial charge >= 0.3 is 0 Å². The zero-order valence-electron chi connectivity index (χ0n) is 15.5. The first-order chi connectivity index (χ1) is 13.3. The zero-order valence-corrected chi connectivity index (χ0v) is 16.3. The molecule has 4 rings (SSSR count). The first kappa shape index (κ1) is 19.1. The van der Waals surface area contributed by atoms with Crippen molar-refractivity contribution in [2.24, 2.45) is 5.73 Å². The second-order valence-corrected chi connectivity index (χ2v) is 9.79. The SMILES string of the molecule is NC(=O)C1(c2ccc(CN3CCC[C@H](c4ccccc4)S3(=O)=O)c(F)c2)CC1. The fourth-order valence-corrected chi connectivity index (χ4v) is 6.08. The van der Waals surface area contributed by atoms with Gasteiger partial charge in [-0.25, -0.2) is 12.8 Å². The Morgan fingerprint density at radius 2 is 1.89 bits per heavy atom. The smallest absolute Gasteiger partial charge is 0.228 e. The normalized spacial score (nSPS) is 23.2. The number of sulfonamides is 1. The van der Waals surface area contributed by atoms with E-state index >= 15 is 0 Å². The first-order valence-corrected chi connectivity index (χ1v) is 11.0. The van der Waals surface area contributed by atoms with Crippen LogP contribution in [0.25, 0.3) is 0 Å². The molecule has 2 aliphatic rings. The molecule has 7 heteroatoms. The lowest BCUT2D eigenvalue weighted by molar-refractivity contribution is -0.120. The molecule has 1 amide bonds. The summed E-state index contributed by atoms with van der Waals surface area (Å²) < 4.78 is 42.3. The number of primary amides is 1. The van der Waals surface area contributed by atoms with Crippen molar-refractivity contribution in [1.29, 1.82) is 0 Å². The highest BCUT2D eigenvalue weighted by Gasteiger charge is 2.50. The predicted molar refractivity (Wildman–Crippen MR) is 104 cm³/mol. The third-order valence-corrected chi connectivity index (χ3v) is 8.20. The lowest BCUT2D eigenvalue weighted by Gasteiger charge is -2.32. The molecule has 0 unspecified atom stereocenters. The minimum atomic E-state index is -3.58. The van der Waals surface area contributed by atoms with E-state index in [1.54, 1.807) is 12.1 Å². The molecule has 2 aromatic carbocycles. The molecule has 2 N–H and O–H groups in total. The van der Waals surface area contributed by atoms with E-state index in [1.807, 2.05) is 30.3 Å². The van der Waals surface area contributed by atoms with E-state index in [4.69, 9.17) is 5.73 Å². The molecule has 0 bridgehead atoms. The summed E-state index contributed by atoms with van der Waals surface area (Å²) in [6.45, 7) is 0.361. The van der Waals surface area contributed by atoms with E-state index in [2.05, 4.69) is 0 Å². The topological polar surface area (TPSA) is 80.5 Å². The van der Waals surface area contributed by atoms with Gasteiger partial charge < -0.3 is 5.73 Å². The standard InChI is InChI=1S/C21H23FN2O3S/c22-18-13-17(21(10-11-21)20(23)25)9-8-16(18)14-24-12-4-7-19(28(24,26)27)15-5-2-1-3-6-15/h1-3,5-6,8-9,13,19H,4,7,10-12,14H2,(H2,23,25)/t19-/m1/s1. The molecule has 1 heterocycles. The van der Waals surface area contributed by atoms with Gasteiger partial charge in [-0.2, -0.15) is 4.31 Å². The molecule has 0 radical (unpaired) electrons. The number of benzene rings is 2. The minimum Gasteiger partial charge on any atom is -0.369 e. The average molecular weight is 402 g/mol. The van der Waals surface area contributed by atoms with Crippen molar-refractivity contribution >= 4 is 15.9 Å². The Bertz CT molecular complexity index is 1000. The molecule has 5 nitrogen and oxygen atoms in total. The van der Waals surface area contributed by atoms with Crippen LogP contribution in [0, 0.1) is 5.82 Å². The summed E-state index contributed by atoms with van der Waals surface area (Å²) in [4.78, 5) is 11.7. The van der Waals surface area contributed by atoms with Gasteiger partial charge in [0.05, 0.1) is 5.41 Å². The second kappa shape index (κ2) is 6.97. The third kappa shape index (κ3) is 3.22. The van der Waals surface area contributed by atoms with Crippen LogP contribution in [-0.2, 0) is 26.8 Å². The third-order valence-electron chi connectivity index (χ3n) is 5.94. The highest BCUT2D eigenvalue weighted by Crippen LogP contribution is 2.48. The molecule has 1 aliphatic carbocycles. The van der Waals surface area contributed by atoms with Gasteiger partial charge in [-0.05, 0) is 42.9 Å². The van der Waals surface area contributed by atoms with Gasteiger partial charge in [0.25, 0.3) is 0 Å². The Balaban J connectivity index is 1.58. The maximum Gasteiger partial charge on any atom is 0.228 e. The van der Waals surface area contributed by atoms with Gasteiger partial charge in [0.15, 0.2) is 0 Å². The van der Waals surface area contributed by atoms with Crippen LogP contribution in [0.5, 0.6) is 0 Å². The Morgan fingerprint density at radius 3 is 2.50 bits per heavy atom. The van der Waals surface area contributed by atoms with Gasteiger partial charge in [0, 0.05) is 18.7 Å². The molecule has 2 fully saturated rings. The van der Waals surface area contributed by atoms with Crippen molar-refractivity contribution in [2.45, 2.75) is 42.9 Å². The van der Waals surface area contributed by atoms with Crippen LogP contribution in [-0.4, -0.2) is 25.2 Å². The number of nitrogens with zero attached hydrogens (tertiary/aromatic N) is 1. The van der Waals surface area contributed by atoms with Crippen LogP contribution >= 0.6 is 0 Å². The Kier molecular flexibility index (Phi) is 4.75. The molecule has 1 saturated heterocycles. The van der Waals surface area contributed by atoms with Gasteiger partial charge in [0.2, 0.25) is 15.9 Å². The van der Waals surface area contributed by atoms with Crippen molar-refractivity contribution in [1.82, 2.24) is 4.31 Å². The maximum absolute atomic E-state index is 14.7. The summed E-state index contributed by atoms with van der Waals surface area (Å²) in [6, 6.07) is 13.8. The number of nitrogens with two attached hydrogens (primary N) is 1. The van der Waals surface area contributed by atoms with Crippen molar-refractivity contribution in [3.8, 4) is 0 Å². The number of rotatable bonds is 5. The quantitative estimate of drug-likeness (QED) is 0.835. The van der Waals surface area contributed by atoms with E-state index in [0.717, 1.165) is 12.0 Å². The molecule has 0 aromatic heterocycles. The van der Waals surface area contributed by atoms with Crippen molar-refractivity contribution in [2.75, 3.05) is 6.54 Å². The molecule has 1 saturated carbocycles. The summed E-state index contributed by atoms with van der Waals surface area (Å²) in [7, 11) is -3.58. The van der Waals surface area contributed by atoms with Crippen LogP contribution in [0.1, 0.15) is 47.6 Å². The summed E-state index contributed by atoms with van der Waals surface area (Å²) >= 11 is 0. The lowest BCUT2D eigenvalue weighted by atomic mass is 9.94. The van der Waals surface area contributed by atoms with Crippen LogP contribution in [0.15, 0.2) is 48.5 Å². The summed E-state index contributed by atoms with van der Waals surface area (Å²) in [6.07, 6.45) is 2.54. The molecule has 1 atom stereocenters. The molecule has 2 aromatic rings. The van der Waals surface area contributed by atoms with Crippen LogP contribution in [0.3, 0.4) is 0 Å². The molecule has 1 aliphatic heterocycles. The van der Waals surface area contributed by atoms with E-state index < -0.39 is 32.4 Å². The summed E-state index contributed by atoms with van der Waals surface area (Å²) in [5.74, 6) is -0.939. The lowest BCUT2D eigenvalue weighted by Crippen LogP contribution is -2.39. The molecule has 28 heavy (non-hydrogen) atoms. The van der Waals surface area contributed by atoms with Crippen molar-refractivity contribution in [3.63, 3.8) is 0 Å². The van der Waals surface area contributed by atoms with E-state index in [-0.39, 0.29) is 6.54 Å². The Hall–Kier alpha value is -2.25. The first-order valence-electron chi connectivity index (χ1n) is 9.47. The summed E-state index contributed by atoms with van der Waals surface area (Å²) in [5, 5.41) is -0.602. The van der Waals surface area contributed by atoms with Crippen LogP contribution in [0.2, 0.25) is 0 Å². The van der Waals surface area contributed by atoms with Crippen LogP contribution < -0.4 is 5.73 Å². The van der Waals surface area contributed by atoms with Crippen LogP contribution in [0.4, 0.5) is 4.39 Å².